The van der Waals surface area contributed by atoms with E-state index in [0.29, 0.717) is 12.0 Å². The topological polar surface area (TPSA) is 69.4 Å². The minimum absolute atomic E-state index is 0.0326. The second-order valence-corrected chi connectivity index (χ2v) is 6.78. The molecule has 0 bridgehead atoms. The lowest BCUT2D eigenvalue weighted by Gasteiger charge is -2.19. The molecular formula is C12H16FNO3S. The summed E-state index contributed by atoms with van der Waals surface area (Å²) in [6.45, 7) is 0. The number of methoxy groups -OCH3 is 1. The lowest BCUT2D eigenvalue weighted by atomic mass is 9.93. The van der Waals surface area contributed by atoms with Crippen molar-refractivity contribution in [3.8, 4) is 5.75 Å². The summed E-state index contributed by atoms with van der Waals surface area (Å²) in [7, 11) is -1.63. The molecule has 0 amide bonds. The third-order valence-corrected chi connectivity index (χ3v) is 5.14. The maximum Gasteiger partial charge on any atom is 0.169 e. The van der Waals surface area contributed by atoms with Crippen molar-refractivity contribution in [1.82, 2.24) is 0 Å². The van der Waals surface area contributed by atoms with Crippen LogP contribution in [0.15, 0.2) is 18.2 Å². The summed E-state index contributed by atoms with van der Waals surface area (Å²) < 4.78 is 41.7. The number of sulfone groups is 1. The van der Waals surface area contributed by atoms with Gasteiger partial charge in [0.1, 0.15) is 0 Å². The molecule has 1 aliphatic heterocycles. The molecule has 18 heavy (non-hydrogen) atoms. The van der Waals surface area contributed by atoms with Gasteiger partial charge in [0.15, 0.2) is 21.4 Å². The zero-order valence-electron chi connectivity index (χ0n) is 10.1. The maximum atomic E-state index is 14.0. The van der Waals surface area contributed by atoms with Gasteiger partial charge in [-0.05, 0) is 18.4 Å². The smallest absolute Gasteiger partial charge is 0.169 e. The molecule has 1 aliphatic rings. The molecule has 0 aromatic heterocycles. The Balaban J connectivity index is 2.27. The van der Waals surface area contributed by atoms with Crippen LogP contribution in [0.4, 0.5) is 4.39 Å². The van der Waals surface area contributed by atoms with Crippen molar-refractivity contribution in [3.05, 3.63) is 29.6 Å². The molecule has 0 spiro atoms. The Morgan fingerprint density at radius 2 is 2.22 bits per heavy atom. The van der Waals surface area contributed by atoms with Gasteiger partial charge in [-0.25, -0.2) is 12.8 Å². The van der Waals surface area contributed by atoms with E-state index in [9.17, 15) is 12.8 Å². The molecule has 0 radical (unpaired) electrons. The Morgan fingerprint density at radius 3 is 2.78 bits per heavy atom. The van der Waals surface area contributed by atoms with Gasteiger partial charge < -0.3 is 10.5 Å². The Labute approximate surface area is 106 Å². The predicted molar refractivity (Wildman–Crippen MR) is 66.6 cm³/mol. The van der Waals surface area contributed by atoms with E-state index in [1.54, 1.807) is 12.1 Å². The molecule has 2 unspecified atom stereocenters. The van der Waals surface area contributed by atoms with Gasteiger partial charge in [0, 0.05) is 11.6 Å². The van der Waals surface area contributed by atoms with Crippen molar-refractivity contribution in [3.63, 3.8) is 0 Å². The molecule has 6 heteroatoms. The molecule has 1 saturated heterocycles. The highest BCUT2D eigenvalue weighted by atomic mass is 32.2. The number of halogens is 1. The number of ether oxygens (including phenoxy) is 1. The lowest BCUT2D eigenvalue weighted by molar-refractivity contribution is 0.376. The molecule has 2 atom stereocenters. The van der Waals surface area contributed by atoms with Crippen LogP contribution in [0.5, 0.6) is 5.75 Å². The highest BCUT2D eigenvalue weighted by Gasteiger charge is 2.34. The Morgan fingerprint density at radius 1 is 1.50 bits per heavy atom. The molecule has 0 aliphatic carbocycles. The fraction of sp³-hybridized carbons (Fsp3) is 0.500. The van der Waals surface area contributed by atoms with E-state index in [1.165, 1.54) is 13.2 Å². The Bertz CT molecular complexity index is 544. The van der Waals surface area contributed by atoms with Crippen LogP contribution in [-0.2, 0) is 9.84 Å². The molecule has 100 valence electrons. The van der Waals surface area contributed by atoms with Crippen LogP contribution < -0.4 is 10.5 Å². The van der Waals surface area contributed by atoms with Gasteiger partial charge in [-0.2, -0.15) is 0 Å². The van der Waals surface area contributed by atoms with Crippen LogP contribution >= 0.6 is 0 Å². The predicted octanol–water partition coefficient (Wildman–Crippen LogP) is 1.27. The Kier molecular flexibility index (Phi) is 3.59. The van der Waals surface area contributed by atoms with E-state index < -0.39 is 21.7 Å². The zero-order valence-corrected chi connectivity index (χ0v) is 10.9. The number of benzene rings is 1. The van der Waals surface area contributed by atoms with Crippen LogP contribution in [0, 0.1) is 11.7 Å². The summed E-state index contributed by atoms with van der Waals surface area (Å²) in [5.41, 5.74) is 6.30. The molecule has 1 aromatic rings. The second kappa shape index (κ2) is 4.85. The average molecular weight is 273 g/mol. The first-order valence-electron chi connectivity index (χ1n) is 5.73. The number of hydrogen-bond acceptors (Lipinski definition) is 4. The molecule has 4 nitrogen and oxygen atoms in total. The largest absolute Gasteiger partial charge is 0.494 e. The lowest BCUT2D eigenvalue weighted by Crippen LogP contribution is -2.23. The SMILES string of the molecule is COc1cccc(C(N)C2CCS(=O)(=O)C2)c1F. The highest BCUT2D eigenvalue weighted by molar-refractivity contribution is 7.91. The first-order valence-corrected chi connectivity index (χ1v) is 7.55. The summed E-state index contributed by atoms with van der Waals surface area (Å²) >= 11 is 0. The minimum Gasteiger partial charge on any atom is -0.494 e. The summed E-state index contributed by atoms with van der Waals surface area (Å²) in [5.74, 6) is -0.431. The first kappa shape index (κ1) is 13.3. The quantitative estimate of drug-likeness (QED) is 0.900. The highest BCUT2D eigenvalue weighted by Crippen LogP contribution is 2.33. The van der Waals surface area contributed by atoms with Crippen molar-refractivity contribution in [2.24, 2.45) is 11.7 Å². The third-order valence-electron chi connectivity index (χ3n) is 3.35. The van der Waals surface area contributed by atoms with Crippen molar-refractivity contribution in [2.75, 3.05) is 18.6 Å². The fourth-order valence-electron chi connectivity index (χ4n) is 2.30. The first-order chi connectivity index (χ1) is 8.44. The fourth-order valence-corrected chi connectivity index (χ4v) is 4.16. The van der Waals surface area contributed by atoms with E-state index >= 15 is 0 Å². The van der Waals surface area contributed by atoms with Crippen molar-refractivity contribution < 1.29 is 17.5 Å². The van der Waals surface area contributed by atoms with Crippen LogP contribution in [0.3, 0.4) is 0 Å². The maximum absolute atomic E-state index is 14.0. The monoisotopic (exact) mass is 273 g/mol. The number of hydrogen-bond donors (Lipinski definition) is 1. The Hall–Kier alpha value is -1.14. The van der Waals surface area contributed by atoms with Crippen LogP contribution in [-0.4, -0.2) is 27.0 Å². The third kappa shape index (κ3) is 2.49. The zero-order chi connectivity index (χ0) is 13.3. The summed E-state index contributed by atoms with van der Waals surface area (Å²) in [6, 6.07) is 4.13. The van der Waals surface area contributed by atoms with E-state index in [4.69, 9.17) is 10.5 Å². The van der Waals surface area contributed by atoms with Crippen LogP contribution in [0.25, 0.3) is 0 Å². The second-order valence-electron chi connectivity index (χ2n) is 4.55. The number of rotatable bonds is 3. The van der Waals surface area contributed by atoms with Crippen molar-refractivity contribution in [2.45, 2.75) is 12.5 Å². The van der Waals surface area contributed by atoms with Crippen LogP contribution in [0.1, 0.15) is 18.0 Å². The van der Waals surface area contributed by atoms with Gasteiger partial charge in [0.2, 0.25) is 0 Å². The summed E-state index contributed by atoms with van der Waals surface area (Å²) in [6.07, 6.45) is 0.486. The molecule has 1 heterocycles. The summed E-state index contributed by atoms with van der Waals surface area (Å²) in [5, 5.41) is 0. The van der Waals surface area contributed by atoms with Gasteiger partial charge in [-0.3, -0.25) is 0 Å². The average Bonchev–Trinajstić information content (AvgIpc) is 2.69. The van der Waals surface area contributed by atoms with E-state index in [-0.39, 0.29) is 23.2 Å². The molecule has 2 rings (SSSR count). The minimum atomic E-state index is -3.01. The van der Waals surface area contributed by atoms with Gasteiger partial charge in [-0.15, -0.1) is 0 Å². The van der Waals surface area contributed by atoms with E-state index in [0.717, 1.165) is 0 Å². The molecule has 1 fully saturated rings. The van der Waals surface area contributed by atoms with Crippen molar-refractivity contribution >= 4 is 9.84 Å². The van der Waals surface area contributed by atoms with Gasteiger partial charge in [0.25, 0.3) is 0 Å². The van der Waals surface area contributed by atoms with Crippen LogP contribution in [0.2, 0.25) is 0 Å². The normalized spacial score (nSPS) is 23.8. The van der Waals surface area contributed by atoms with Gasteiger partial charge in [-0.1, -0.05) is 12.1 Å². The molecular weight excluding hydrogens is 257 g/mol. The molecule has 0 saturated carbocycles. The molecule has 1 aromatic carbocycles. The van der Waals surface area contributed by atoms with E-state index in [2.05, 4.69) is 0 Å². The van der Waals surface area contributed by atoms with Crippen molar-refractivity contribution in [1.29, 1.82) is 0 Å². The summed E-state index contributed by atoms with van der Waals surface area (Å²) in [4.78, 5) is 0. The van der Waals surface area contributed by atoms with E-state index in [1.807, 2.05) is 0 Å². The van der Waals surface area contributed by atoms with Gasteiger partial charge in [0.05, 0.1) is 18.6 Å². The molecule has 2 N–H and O–H groups in total. The standard InChI is InChI=1S/C12H16FNO3S/c1-17-10-4-2-3-9(11(10)13)12(14)8-5-6-18(15,16)7-8/h2-4,8,12H,5-7,14H2,1H3. The van der Waals surface area contributed by atoms with Gasteiger partial charge >= 0.3 is 0 Å². The number of nitrogens with two attached hydrogens (primary N) is 1.